The van der Waals surface area contributed by atoms with Crippen LogP contribution in [0.2, 0.25) is 0 Å². The van der Waals surface area contributed by atoms with Crippen LogP contribution in [0.1, 0.15) is 30.4 Å². The van der Waals surface area contributed by atoms with E-state index in [0.717, 1.165) is 32.4 Å². The van der Waals surface area contributed by atoms with Crippen LogP contribution in [0.3, 0.4) is 0 Å². The van der Waals surface area contributed by atoms with E-state index in [4.69, 9.17) is 9.47 Å². The number of hydrogen-bond acceptors (Lipinski definition) is 5. The van der Waals surface area contributed by atoms with Crippen molar-refractivity contribution in [2.24, 2.45) is 5.92 Å². The smallest absolute Gasteiger partial charge is 0.331 e. The first-order valence-electron chi connectivity index (χ1n) is 11.9. The Hall–Kier alpha value is -2.70. The Morgan fingerprint density at radius 3 is 2.21 bits per heavy atom. The Bertz CT molecular complexity index is 897. The molecule has 2 heterocycles. The van der Waals surface area contributed by atoms with Gasteiger partial charge >= 0.3 is 5.97 Å². The third-order valence-corrected chi connectivity index (χ3v) is 6.84. The average Bonchev–Trinajstić information content (AvgIpc) is 3.26. The van der Waals surface area contributed by atoms with Crippen molar-refractivity contribution in [3.63, 3.8) is 0 Å². The summed E-state index contributed by atoms with van der Waals surface area (Å²) in [6.07, 6.45) is 3.60. The third kappa shape index (κ3) is 6.42. The normalized spacial score (nSPS) is 21.8. The second-order valence-corrected chi connectivity index (χ2v) is 9.13. The number of likely N-dealkylation sites (tertiary alicyclic amines) is 2. The van der Waals surface area contributed by atoms with Gasteiger partial charge in [0.05, 0.1) is 19.3 Å². The largest absolute Gasteiger partial charge is 0.467 e. The molecule has 6 heteroatoms. The SMILES string of the molecule is COC(=O)CO[C@@H]1C[C@@H](C(=O)N2CCC(Cc3ccccc3)CC2)N(Cc2ccccc2)C1. The van der Waals surface area contributed by atoms with Gasteiger partial charge in [0.15, 0.2) is 0 Å². The molecule has 0 radical (unpaired) electrons. The number of ether oxygens (including phenoxy) is 2. The molecule has 0 unspecified atom stereocenters. The van der Waals surface area contributed by atoms with E-state index in [1.807, 2.05) is 23.1 Å². The molecule has 33 heavy (non-hydrogen) atoms. The summed E-state index contributed by atoms with van der Waals surface area (Å²) in [6, 6.07) is 20.6. The van der Waals surface area contributed by atoms with E-state index in [9.17, 15) is 9.59 Å². The van der Waals surface area contributed by atoms with E-state index in [0.29, 0.717) is 25.4 Å². The number of esters is 1. The van der Waals surface area contributed by atoms with Gasteiger partial charge in [-0.3, -0.25) is 9.69 Å². The minimum absolute atomic E-state index is 0.0772. The van der Waals surface area contributed by atoms with Crippen molar-refractivity contribution in [3.8, 4) is 0 Å². The topological polar surface area (TPSA) is 59.1 Å². The van der Waals surface area contributed by atoms with Crippen molar-refractivity contribution in [2.45, 2.75) is 44.4 Å². The number of carbonyl (C=O) groups is 2. The summed E-state index contributed by atoms with van der Waals surface area (Å²) in [5.74, 6) is 0.421. The predicted molar refractivity (Wildman–Crippen MR) is 126 cm³/mol. The molecule has 176 valence electrons. The lowest BCUT2D eigenvalue weighted by Crippen LogP contribution is -2.48. The Morgan fingerprint density at radius 2 is 1.58 bits per heavy atom. The Labute approximate surface area is 196 Å². The number of nitrogens with zero attached hydrogens (tertiary/aromatic N) is 2. The monoisotopic (exact) mass is 450 g/mol. The summed E-state index contributed by atoms with van der Waals surface area (Å²) in [5.41, 5.74) is 2.54. The summed E-state index contributed by atoms with van der Waals surface area (Å²) < 4.78 is 10.5. The Morgan fingerprint density at radius 1 is 0.939 bits per heavy atom. The number of carbonyl (C=O) groups excluding carboxylic acids is 2. The molecule has 0 aromatic heterocycles. The maximum absolute atomic E-state index is 13.5. The fraction of sp³-hybridized carbons (Fsp3) is 0.481. The molecule has 2 aliphatic rings. The van der Waals surface area contributed by atoms with Crippen LogP contribution in [0, 0.1) is 5.92 Å². The van der Waals surface area contributed by atoms with E-state index >= 15 is 0 Å². The summed E-state index contributed by atoms with van der Waals surface area (Å²) >= 11 is 0. The van der Waals surface area contributed by atoms with Crippen molar-refractivity contribution in [1.82, 2.24) is 9.80 Å². The van der Waals surface area contributed by atoms with E-state index < -0.39 is 0 Å². The molecule has 2 saturated heterocycles. The van der Waals surface area contributed by atoms with Crippen LogP contribution in [-0.4, -0.2) is 67.2 Å². The van der Waals surface area contributed by atoms with Crippen LogP contribution in [0.4, 0.5) is 0 Å². The van der Waals surface area contributed by atoms with Crippen molar-refractivity contribution >= 4 is 11.9 Å². The minimum atomic E-state index is -0.389. The van der Waals surface area contributed by atoms with Gasteiger partial charge in [0.25, 0.3) is 0 Å². The van der Waals surface area contributed by atoms with Gasteiger partial charge in [-0.15, -0.1) is 0 Å². The van der Waals surface area contributed by atoms with Gasteiger partial charge in [-0.25, -0.2) is 4.79 Å². The van der Waals surface area contributed by atoms with Crippen molar-refractivity contribution in [1.29, 1.82) is 0 Å². The highest BCUT2D eigenvalue weighted by atomic mass is 16.6. The zero-order chi connectivity index (χ0) is 23.0. The lowest BCUT2D eigenvalue weighted by atomic mass is 9.90. The summed E-state index contributed by atoms with van der Waals surface area (Å²) in [7, 11) is 1.36. The number of benzene rings is 2. The van der Waals surface area contributed by atoms with Crippen molar-refractivity contribution in [3.05, 3.63) is 71.8 Å². The van der Waals surface area contributed by atoms with Gasteiger partial charge in [0, 0.05) is 26.2 Å². The van der Waals surface area contributed by atoms with Crippen LogP contribution < -0.4 is 0 Å². The first-order valence-corrected chi connectivity index (χ1v) is 11.9. The molecule has 6 nitrogen and oxygen atoms in total. The molecule has 2 atom stereocenters. The minimum Gasteiger partial charge on any atom is -0.467 e. The van der Waals surface area contributed by atoms with Gasteiger partial charge in [0.2, 0.25) is 5.91 Å². The fourth-order valence-corrected chi connectivity index (χ4v) is 4.99. The lowest BCUT2D eigenvalue weighted by Gasteiger charge is -2.35. The molecule has 2 aromatic carbocycles. The maximum Gasteiger partial charge on any atom is 0.331 e. The average molecular weight is 451 g/mol. The van der Waals surface area contributed by atoms with Crippen LogP contribution in [0.25, 0.3) is 0 Å². The number of amides is 1. The second-order valence-electron chi connectivity index (χ2n) is 9.13. The standard InChI is InChI=1S/C27H34N2O4/c1-32-26(30)20-33-24-17-25(29(19-24)18-23-10-6-3-7-11-23)27(31)28-14-12-22(13-15-28)16-21-8-4-2-5-9-21/h2-11,22,24-25H,12-20H2,1H3/t24-,25+/m1/s1. The molecule has 0 bridgehead atoms. The molecule has 2 fully saturated rings. The van der Waals surface area contributed by atoms with Crippen molar-refractivity contribution in [2.75, 3.05) is 33.4 Å². The molecular weight excluding hydrogens is 416 g/mol. The molecule has 0 aliphatic carbocycles. The molecule has 2 aromatic rings. The summed E-state index contributed by atoms with van der Waals surface area (Å²) in [6.45, 7) is 2.86. The maximum atomic E-state index is 13.5. The van der Waals surface area contributed by atoms with Crippen LogP contribution in [-0.2, 0) is 32.0 Å². The van der Waals surface area contributed by atoms with Gasteiger partial charge in [-0.1, -0.05) is 60.7 Å². The number of rotatable bonds is 8. The molecule has 0 spiro atoms. The van der Waals surface area contributed by atoms with Gasteiger partial charge in [0.1, 0.15) is 6.61 Å². The second kappa shape index (κ2) is 11.4. The highest BCUT2D eigenvalue weighted by Gasteiger charge is 2.40. The third-order valence-electron chi connectivity index (χ3n) is 6.84. The Kier molecular flexibility index (Phi) is 8.13. The molecule has 4 rings (SSSR count). The molecule has 1 amide bonds. The number of piperidine rings is 1. The van der Waals surface area contributed by atoms with Crippen molar-refractivity contribution < 1.29 is 19.1 Å². The summed E-state index contributed by atoms with van der Waals surface area (Å²) in [4.78, 5) is 29.3. The van der Waals surface area contributed by atoms with E-state index in [1.165, 1.54) is 18.2 Å². The van der Waals surface area contributed by atoms with Gasteiger partial charge in [-0.2, -0.15) is 0 Å². The highest BCUT2D eigenvalue weighted by molar-refractivity contribution is 5.82. The zero-order valence-corrected chi connectivity index (χ0v) is 19.4. The van der Waals surface area contributed by atoms with E-state index in [2.05, 4.69) is 47.4 Å². The first kappa shape index (κ1) is 23.5. The molecule has 0 saturated carbocycles. The zero-order valence-electron chi connectivity index (χ0n) is 19.4. The lowest BCUT2D eigenvalue weighted by molar-refractivity contribution is -0.147. The van der Waals surface area contributed by atoms with Crippen LogP contribution in [0.5, 0.6) is 0 Å². The number of hydrogen-bond donors (Lipinski definition) is 0. The Balaban J connectivity index is 1.36. The van der Waals surface area contributed by atoms with E-state index in [-0.39, 0.29) is 30.6 Å². The highest BCUT2D eigenvalue weighted by Crippen LogP contribution is 2.27. The number of methoxy groups -OCH3 is 1. The molecule has 0 N–H and O–H groups in total. The molecule has 2 aliphatic heterocycles. The summed E-state index contributed by atoms with van der Waals surface area (Å²) in [5, 5.41) is 0. The predicted octanol–water partition coefficient (Wildman–Crippen LogP) is 3.30. The first-order chi connectivity index (χ1) is 16.1. The van der Waals surface area contributed by atoms with Crippen LogP contribution in [0.15, 0.2) is 60.7 Å². The molecular formula is C27H34N2O4. The van der Waals surface area contributed by atoms with Gasteiger partial charge in [-0.05, 0) is 42.7 Å². The fourth-order valence-electron chi connectivity index (χ4n) is 4.99. The van der Waals surface area contributed by atoms with Gasteiger partial charge < -0.3 is 14.4 Å². The quantitative estimate of drug-likeness (QED) is 0.578. The van der Waals surface area contributed by atoms with Crippen LogP contribution >= 0.6 is 0 Å². The van der Waals surface area contributed by atoms with E-state index in [1.54, 1.807) is 0 Å².